The van der Waals surface area contributed by atoms with Crippen LogP contribution in [0.4, 0.5) is 0 Å². The molecule has 4 heteroatoms. The van der Waals surface area contributed by atoms with E-state index in [0.717, 1.165) is 12.2 Å². The normalized spacial score (nSPS) is 19.1. The summed E-state index contributed by atoms with van der Waals surface area (Å²) >= 11 is 0. The van der Waals surface area contributed by atoms with Crippen LogP contribution in [0.25, 0.3) is 0 Å². The number of aliphatic hydroxyl groups excluding tert-OH is 1. The van der Waals surface area contributed by atoms with Crippen molar-refractivity contribution in [1.29, 1.82) is 0 Å². The Hall–Kier alpha value is -1.68. The minimum Gasteiger partial charge on any atom is -0.392 e. The van der Waals surface area contributed by atoms with Gasteiger partial charge in [0, 0.05) is 0 Å². The number of nitrogens with zero attached hydrogens (tertiary/aromatic N) is 2. The average Bonchev–Trinajstić information content (AvgIpc) is 2.79. The fraction of sp³-hybridized carbons (Fsp3) is 0.467. The summed E-state index contributed by atoms with van der Waals surface area (Å²) in [7, 11) is 0. The fourth-order valence-corrected chi connectivity index (χ4v) is 2.40. The lowest BCUT2D eigenvalue weighted by Crippen LogP contribution is -2.20. The molecule has 2 atom stereocenters. The number of rotatable bonds is 4. The van der Waals surface area contributed by atoms with Crippen LogP contribution in [0, 0.1) is 5.92 Å². The molecule has 1 heterocycles. The van der Waals surface area contributed by atoms with Crippen molar-refractivity contribution in [3.8, 4) is 0 Å². The fourth-order valence-electron chi connectivity index (χ4n) is 2.40. The third-order valence-corrected chi connectivity index (χ3v) is 3.80. The van der Waals surface area contributed by atoms with Gasteiger partial charge < -0.3 is 9.63 Å². The van der Waals surface area contributed by atoms with E-state index in [1.165, 1.54) is 11.1 Å². The van der Waals surface area contributed by atoms with Crippen molar-refractivity contribution in [2.45, 2.75) is 38.7 Å². The Kier molecular flexibility index (Phi) is 3.11. The molecule has 3 rings (SSSR count). The van der Waals surface area contributed by atoms with Crippen molar-refractivity contribution in [3.05, 3.63) is 47.1 Å². The molecule has 1 aliphatic rings. The molecule has 0 fully saturated rings. The van der Waals surface area contributed by atoms with Crippen LogP contribution in [-0.2, 0) is 12.8 Å². The minimum absolute atomic E-state index is 0.194. The molecule has 0 radical (unpaired) electrons. The van der Waals surface area contributed by atoms with Crippen molar-refractivity contribution in [2.75, 3.05) is 0 Å². The Bertz CT molecular complexity index is 577. The Labute approximate surface area is 112 Å². The topological polar surface area (TPSA) is 59.2 Å². The first-order chi connectivity index (χ1) is 9.15. The van der Waals surface area contributed by atoms with E-state index in [-0.39, 0.29) is 11.8 Å². The molecule has 2 aromatic rings. The third kappa shape index (κ3) is 2.28. The first kappa shape index (κ1) is 12.4. The third-order valence-electron chi connectivity index (χ3n) is 3.80. The molecule has 4 nitrogen and oxygen atoms in total. The summed E-state index contributed by atoms with van der Waals surface area (Å²) in [5.74, 6) is 1.72. The maximum Gasteiger partial charge on any atom is 0.229 e. The van der Waals surface area contributed by atoms with Crippen LogP contribution in [0.3, 0.4) is 0 Å². The van der Waals surface area contributed by atoms with E-state index in [9.17, 15) is 5.11 Å². The molecule has 100 valence electrons. The van der Waals surface area contributed by atoms with Gasteiger partial charge in [-0.3, -0.25) is 0 Å². The number of aromatic nitrogens is 2. The predicted molar refractivity (Wildman–Crippen MR) is 70.8 cm³/mol. The monoisotopic (exact) mass is 258 g/mol. The number of aliphatic hydroxyl groups is 1. The lowest BCUT2D eigenvalue weighted by molar-refractivity contribution is 0.116. The molecule has 1 aliphatic carbocycles. The Morgan fingerprint density at radius 2 is 2.16 bits per heavy atom. The van der Waals surface area contributed by atoms with Crippen LogP contribution in [0.15, 0.2) is 28.8 Å². The summed E-state index contributed by atoms with van der Waals surface area (Å²) in [6.45, 7) is 3.95. The first-order valence-corrected chi connectivity index (χ1v) is 6.73. The highest BCUT2D eigenvalue weighted by molar-refractivity contribution is 5.43. The van der Waals surface area contributed by atoms with E-state index < -0.39 is 6.10 Å². The van der Waals surface area contributed by atoms with Gasteiger partial charge in [0.05, 0.1) is 18.4 Å². The Balaban J connectivity index is 1.73. The molecule has 2 unspecified atom stereocenters. The molecule has 19 heavy (non-hydrogen) atoms. The quantitative estimate of drug-likeness (QED) is 0.914. The van der Waals surface area contributed by atoms with Gasteiger partial charge >= 0.3 is 0 Å². The smallest absolute Gasteiger partial charge is 0.229 e. The zero-order chi connectivity index (χ0) is 13.4. The van der Waals surface area contributed by atoms with E-state index in [1.54, 1.807) is 0 Å². The van der Waals surface area contributed by atoms with Gasteiger partial charge in [-0.05, 0) is 23.5 Å². The standard InChI is InChI=1S/C15H18N2O2/c1-9(2)13(18)8-14-16-15(17-19-14)12-7-10-5-3-4-6-11(10)12/h3-6,9,12-13,18H,7-8H2,1-2H3. The predicted octanol–water partition coefficient (Wildman–Crippen LogP) is 2.32. The SMILES string of the molecule is CC(C)C(O)Cc1nc(C2Cc3ccccc32)no1. The van der Waals surface area contributed by atoms with Crippen LogP contribution >= 0.6 is 0 Å². The molecule has 0 saturated carbocycles. The maximum absolute atomic E-state index is 9.83. The summed E-state index contributed by atoms with van der Waals surface area (Å²) in [5, 5.41) is 13.9. The molecular formula is C15H18N2O2. The molecule has 1 aromatic carbocycles. The van der Waals surface area contributed by atoms with E-state index in [1.807, 2.05) is 19.9 Å². The first-order valence-electron chi connectivity index (χ1n) is 6.73. The number of hydrogen-bond donors (Lipinski definition) is 1. The average molecular weight is 258 g/mol. The van der Waals surface area contributed by atoms with Gasteiger partial charge in [-0.2, -0.15) is 4.98 Å². The number of benzene rings is 1. The molecular weight excluding hydrogens is 240 g/mol. The van der Waals surface area contributed by atoms with Gasteiger partial charge in [0.1, 0.15) is 0 Å². The second kappa shape index (κ2) is 4.78. The molecule has 0 amide bonds. The van der Waals surface area contributed by atoms with Crippen LogP contribution in [0.2, 0.25) is 0 Å². The zero-order valence-electron chi connectivity index (χ0n) is 11.2. The Morgan fingerprint density at radius 3 is 2.89 bits per heavy atom. The second-order valence-electron chi connectivity index (χ2n) is 5.52. The zero-order valence-corrected chi connectivity index (χ0v) is 11.2. The van der Waals surface area contributed by atoms with Crippen molar-refractivity contribution >= 4 is 0 Å². The highest BCUT2D eigenvalue weighted by Gasteiger charge is 2.31. The summed E-state index contributed by atoms with van der Waals surface area (Å²) in [4.78, 5) is 4.42. The van der Waals surface area contributed by atoms with Gasteiger partial charge in [0.25, 0.3) is 0 Å². The van der Waals surface area contributed by atoms with Gasteiger partial charge in [0.2, 0.25) is 5.89 Å². The minimum atomic E-state index is -0.429. The van der Waals surface area contributed by atoms with Gasteiger partial charge in [-0.15, -0.1) is 0 Å². The largest absolute Gasteiger partial charge is 0.392 e. The number of fused-ring (bicyclic) bond motifs is 1. The van der Waals surface area contributed by atoms with E-state index in [2.05, 4.69) is 28.3 Å². The van der Waals surface area contributed by atoms with Crippen LogP contribution < -0.4 is 0 Å². The Morgan fingerprint density at radius 1 is 1.37 bits per heavy atom. The van der Waals surface area contributed by atoms with Crippen molar-refractivity contribution in [2.24, 2.45) is 5.92 Å². The summed E-state index contributed by atoms with van der Waals surface area (Å²) < 4.78 is 5.24. The lowest BCUT2D eigenvalue weighted by atomic mass is 9.77. The number of hydrogen-bond acceptors (Lipinski definition) is 4. The van der Waals surface area contributed by atoms with Crippen molar-refractivity contribution in [3.63, 3.8) is 0 Å². The molecule has 1 aromatic heterocycles. The molecule has 0 aliphatic heterocycles. The molecule has 0 saturated heterocycles. The van der Waals surface area contributed by atoms with Crippen LogP contribution in [0.5, 0.6) is 0 Å². The highest BCUT2D eigenvalue weighted by atomic mass is 16.5. The highest BCUT2D eigenvalue weighted by Crippen LogP contribution is 2.38. The second-order valence-corrected chi connectivity index (χ2v) is 5.52. The van der Waals surface area contributed by atoms with Gasteiger partial charge in [-0.1, -0.05) is 43.3 Å². The van der Waals surface area contributed by atoms with Crippen molar-refractivity contribution < 1.29 is 9.63 Å². The molecule has 0 spiro atoms. The van der Waals surface area contributed by atoms with Crippen LogP contribution in [-0.4, -0.2) is 21.4 Å². The van der Waals surface area contributed by atoms with E-state index in [0.29, 0.717) is 12.3 Å². The summed E-state index contributed by atoms with van der Waals surface area (Å²) in [6, 6.07) is 8.34. The van der Waals surface area contributed by atoms with Crippen LogP contribution in [0.1, 0.15) is 42.6 Å². The lowest BCUT2D eigenvalue weighted by Gasteiger charge is -2.27. The maximum atomic E-state index is 9.83. The van der Waals surface area contributed by atoms with Gasteiger partial charge in [-0.25, -0.2) is 0 Å². The van der Waals surface area contributed by atoms with E-state index in [4.69, 9.17) is 4.52 Å². The summed E-state index contributed by atoms with van der Waals surface area (Å²) in [5.41, 5.74) is 2.65. The molecule has 0 bridgehead atoms. The molecule has 1 N–H and O–H groups in total. The van der Waals surface area contributed by atoms with Gasteiger partial charge in [0.15, 0.2) is 5.82 Å². The van der Waals surface area contributed by atoms with E-state index >= 15 is 0 Å². The van der Waals surface area contributed by atoms with Crippen molar-refractivity contribution in [1.82, 2.24) is 10.1 Å². The summed E-state index contributed by atoms with van der Waals surface area (Å²) in [6.07, 6.45) is 0.975.